The third-order valence-corrected chi connectivity index (χ3v) is 4.79. The van der Waals surface area contributed by atoms with Gasteiger partial charge < -0.3 is 19.6 Å². The van der Waals surface area contributed by atoms with E-state index in [9.17, 15) is 22.8 Å². The van der Waals surface area contributed by atoms with Crippen molar-refractivity contribution in [3.63, 3.8) is 0 Å². The average molecular weight is 408 g/mol. The summed E-state index contributed by atoms with van der Waals surface area (Å²) >= 11 is 0. The van der Waals surface area contributed by atoms with Crippen LogP contribution >= 0.6 is 0 Å². The Labute approximate surface area is 164 Å². The quantitative estimate of drug-likeness (QED) is 0.834. The molecular formula is C19H19F3N4O3. The lowest BCUT2D eigenvalue weighted by molar-refractivity contribution is -0.137. The smallest absolute Gasteiger partial charge is 0.360 e. The van der Waals surface area contributed by atoms with Crippen molar-refractivity contribution >= 4 is 17.8 Å². The average Bonchev–Trinajstić information content (AvgIpc) is 3.06. The zero-order chi connectivity index (χ0) is 21.5. The monoisotopic (exact) mass is 408 g/mol. The number of allylic oxidation sites excluding steroid dienone is 1. The van der Waals surface area contributed by atoms with Crippen LogP contribution < -0.4 is 5.32 Å². The molecule has 1 aromatic heterocycles. The molecule has 1 aliphatic rings. The Morgan fingerprint density at radius 3 is 2.48 bits per heavy atom. The molecule has 1 aromatic carbocycles. The first-order valence-corrected chi connectivity index (χ1v) is 8.64. The molecule has 7 nitrogen and oxygen atoms in total. The second-order valence-corrected chi connectivity index (χ2v) is 6.75. The van der Waals surface area contributed by atoms with Gasteiger partial charge >= 0.3 is 12.2 Å². The number of aryl methyl sites for hydroxylation is 1. The normalized spacial score (nSPS) is 17.8. The molecule has 2 heterocycles. The number of rotatable bonds is 3. The van der Waals surface area contributed by atoms with E-state index in [1.807, 2.05) is 0 Å². The number of alkyl halides is 3. The van der Waals surface area contributed by atoms with Gasteiger partial charge in [0.1, 0.15) is 5.76 Å². The molecule has 29 heavy (non-hydrogen) atoms. The van der Waals surface area contributed by atoms with Crippen LogP contribution in [0.3, 0.4) is 0 Å². The summed E-state index contributed by atoms with van der Waals surface area (Å²) in [7, 11) is 2.92. The number of amides is 3. The van der Waals surface area contributed by atoms with Crippen LogP contribution in [0.4, 0.5) is 23.8 Å². The number of hydrogen-bond acceptors (Lipinski definition) is 4. The minimum Gasteiger partial charge on any atom is -0.360 e. The van der Waals surface area contributed by atoms with Crippen LogP contribution in [0, 0.1) is 6.92 Å². The summed E-state index contributed by atoms with van der Waals surface area (Å²) in [6, 6.07) is 4.65. The van der Waals surface area contributed by atoms with E-state index < -0.39 is 29.7 Å². The Balaban J connectivity index is 2.09. The second-order valence-electron chi connectivity index (χ2n) is 6.75. The van der Waals surface area contributed by atoms with Crippen molar-refractivity contribution in [2.75, 3.05) is 19.4 Å². The van der Waals surface area contributed by atoms with E-state index in [0.29, 0.717) is 11.5 Å². The van der Waals surface area contributed by atoms with Gasteiger partial charge in [0.25, 0.3) is 5.91 Å². The van der Waals surface area contributed by atoms with Gasteiger partial charge in [0.15, 0.2) is 5.82 Å². The molecule has 1 atom stereocenters. The molecule has 0 saturated carbocycles. The minimum absolute atomic E-state index is 0.134. The van der Waals surface area contributed by atoms with Gasteiger partial charge in [-0.15, -0.1) is 0 Å². The van der Waals surface area contributed by atoms with Crippen LogP contribution in [-0.4, -0.2) is 41.0 Å². The molecular weight excluding hydrogens is 389 g/mol. The highest BCUT2D eigenvalue weighted by Gasteiger charge is 2.40. The van der Waals surface area contributed by atoms with Gasteiger partial charge in [0.2, 0.25) is 0 Å². The zero-order valence-electron chi connectivity index (χ0n) is 16.2. The van der Waals surface area contributed by atoms with Crippen LogP contribution in [0.2, 0.25) is 0 Å². The van der Waals surface area contributed by atoms with E-state index in [-0.39, 0.29) is 17.0 Å². The lowest BCUT2D eigenvalue weighted by Crippen LogP contribution is -2.47. The summed E-state index contributed by atoms with van der Waals surface area (Å²) in [5.74, 6) is 0.0516. The maximum Gasteiger partial charge on any atom is 0.416 e. The van der Waals surface area contributed by atoms with Crippen LogP contribution in [-0.2, 0) is 11.0 Å². The fourth-order valence-electron chi connectivity index (χ4n) is 3.24. The third kappa shape index (κ3) is 3.82. The molecule has 0 saturated heterocycles. The summed E-state index contributed by atoms with van der Waals surface area (Å²) in [6.07, 6.45) is -4.55. The molecule has 1 unspecified atom stereocenters. The lowest BCUT2D eigenvalue weighted by Gasteiger charge is -2.39. The number of aromatic nitrogens is 1. The predicted octanol–water partition coefficient (Wildman–Crippen LogP) is 3.95. The molecule has 2 aromatic rings. The molecule has 0 radical (unpaired) electrons. The van der Waals surface area contributed by atoms with Gasteiger partial charge in [-0.1, -0.05) is 17.3 Å². The molecule has 0 bridgehead atoms. The summed E-state index contributed by atoms with van der Waals surface area (Å²) in [5.41, 5.74) is -0.230. The van der Waals surface area contributed by atoms with Crippen LogP contribution in [0.15, 0.2) is 46.1 Å². The molecule has 0 fully saturated rings. The van der Waals surface area contributed by atoms with E-state index in [4.69, 9.17) is 4.52 Å². The molecule has 154 valence electrons. The topological polar surface area (TPSA) is 78.7 Å². The van der Waals surface area contributed by atoms with Gasteiger partial charge in [0, 0.05) is 25.9 Å². The van der Waals surface area contributed by atoms with Crippen LogP contribution in [0.25, 0.3) is 0 Å². The summed E-state index contributed by atoms with van der Waals surface area (Å²) in [4.78, 5) is 28.1. The summed E-state index contributed by atoms with van der Waals surface area (Å²) < 4.78 is 44.5. The van der Waals surface area contributed by atoms with Crippen molar-refractivity contribution in [3.8, 4) is 0 Å². The maximum atomic E-state index is 13.2. The highest BCUT2D eigenvalue weighted by Crippen LogP contribution is 2.38. The number of urea groups is 1. The first-order chi connectivity index (χ1) is 13.5. The van der Waals surface area contributed by atoms with E-state index in [0.717, 1.165) is 12.1 Å². The number of nitrogens with zero attached hydrogens (tertiary/aromatic N) is 3. The van der Waals surface area contributed by atoms with Crippen molar-refractivity contribution in [2.45, 2.75) is 26.1 Å². The lowest BCUT2D eigenvalue weighted by atomic mass is 9.92. The van der Waals surface area contributed by atoms with Gasteiger partial charge in [0.05, 0.1) is 17.2 Å². The SMILES string of the molecule is CC1=C(C(=O)Nc2cc(C)on2)C(c2cccc(C(F)(F)F)c2)N(C)C(=O)N1C. The van der Waals surface area contributed by atoms with E-state index in [1.54, 1.807) is 13.8 Å². The molecule has 10 heteroatoms. The number of halogens is 3. The van der Waals surface area contributed by atoms with Gasteiger partial charge in [-0.3, -0.25) is 4.79 Å². The Morgan fingerprint density at radius 1 is 1.21 bits per heavy atom. The van der Waals surface area contributed by atoms with Gasteiger partial charge in [-0.05, 0) is 31.5 Å². The molecule has 3 rings (SSSR count). The van der Waals surface area contributed by atoms with Gasteiger partial charge in [-0.2, -0.15) is 13.2 Å². The second kappa shape index (κ2) is 7.26. The van der Waals surface area contributed by atoms with Crippen LogP contribution in [0.1, 0.15) is 29.9 Å². The standard InChI is InChI=1S/C19H19F3N4O3/c1-10-8-14(24-29-10)23-17(27)15-11(2)25(3)18(28)26(4)16(15)12-6-5-7-13(9-12)19(20,21)22/h5-9,16H,1-4H3,(H,23,24,27). The number of benzene rings is 1. The highest BCUT2D eigenvalue weighted by atomic mass is 19.4. The first kappa shape index (κ1) is 20.4. The Bertz CT molecular complexity index is 997. The summed E-state index contributed by atoms with van der Waals surface area (Å²) in [6.45, 7) is 3.22. The predicted molar refractivity (Wildman–Crippen MR) is 97.7 cm³/mol. The summed E-state index contributed by atoms with van der Waals surface area (Å²) in [5, 5.41) is 6.28. The van der Waals surface area contributed by atoms with Crippen LogP contribution in [0.5, 0.6) is 0 Å². The molecule has 3 amide bonds. The maximum absolute atomic E-state index is 13.2. The first-order valence-electron chi connectivity index (χ1n) is 8.64. The molecule has 0 aliphatic carbocycles. The Hall–Kier alpha value is -3.30. The fraction of sp³-hybridized carbons (Fsp3) is 0.316. The minimum atomic E-state index is -4.55. The van der Waals surface area contributed by atoms with Crippen molar-refractivity contribution < 1.29 is 27.3 Å². The zero-order valence-corrected chi connectivity index (χ0v) is 16.2. The van der Waals surface area contributed by atoms with Crippen molar-refractivity contribution in [1.82, 2.24) is 15.0 Å². The molecule has 0 spiro atoms. The molecule has 1 N–H and O–H groups in total. The number of carbonyl (C=O) groups excluding carboxylic acids is 2. The number of nitrogens with one attached hydrogen (secondary N) is 1. The number of anilines is 1. The van der Waals surface area contributed by atoms with Crippen molar-refractivity contribution in [1.29, 1.82) is 0 Å². The Morgan fingerprint density at radius 2 is 1.90 bits per heavy atom. The largest absolute Gasteiger partial charge is 0.416 e. The number of hydrogen-bond donors (Lipinski definition) is 1. The van der Waals surface area contributed by atoms with E-state index in [1.165, 1.54) is 42.1 Å². The number of carbonyl (C=O) groups is 2. The van der Waals surface area contributed by atoms with Crippen molar-refractivity contribution in [3.05, 3.63) is 58.5 Å². The van der Waals surface area contributed by atoms with E-state index >= 15 is 0 Å². The molecule has 1 aliphatic heterocycles. The third-order valence-electron chi connectivity index (χ3n) is 4.79. The van der Waals surface area contributed by atoms with Gasteiger partial charge in [-0.25, -0.2) is 4.79 Å². The fourth-order valence-corrected chi connectivity index (χ4v) is 3.24. The Kier molecular flexibility index (Phi) is 5.12. The number of likely N-dealkylation sites (N-methyl/N-ethyl adjacent to an activating group) is 1. The van der Waals surface area contributed by atoms with Crippen molar-refractivity contribution in [2.24, 2.45) is 0 Å². The van der Waals surface area contributed by atoms with E-state index in [2.05, 4.69) is 10.5 Å². The highest BCUT2D eigenvalue weighted by molar-refractivity contribution is 6.06.